The van der Waals surface area contributed by atoms with Crippen LogP contribution in [-0.2, 0) is 16.1 Å². The lowest BCUT2D eigenvalue weighted by Crippen LogP contribution is -2.38. The highest BCUT2D eigenvalue weighted by Crippen LogP contribution is 2.29. The van der Waals surface area contributed by atoms with Crippen LogP contribution < -0.4 is 5.73 Å². The van der Waals surface area contributed by atoms with Gasteiger partial charge in [-0.05, 0) is 31.0 Å². The normalized spacial score (nSPS) is 17.6. The van der Waals surface area contributed by atoms with Gasteiger partial charge in [0.15, 0.2) is 0 Å². The zero-order valence-electron chi connectivity index (χ0n) is 16.5. The van der Waals surface area contributed by atoms with Crippen molar-refractivity contribution >= 4 is 11.8 Å². The number of carbonyl (C=O) groups excluding carboxylic acids is 2. The highest BCUT2D eigenvalue weighted by molar-refractivity contribution is 5.89. The molecular formula is C23H29N3O2. The minimum atomic E-state index is -0.292. The van der Waals surface area contributed by atoms with Crippen LogP contribution >= 0.6 is 0 Å². The van der Waals surface area contributed by atoms with Crippen LogP contribution in [0, 0.1) is 5.92 Å². The maximum absolute atomic E-state index is 13.2. The molecule has 2 aromatic carbocycles. The average Bonchev–Trinajstić information content (AvgIpc) is 3.13. The number of likely N-dealkylation sites (tertiary alicyclic amines) is 1. The third kappa shape index (κ3) is 4.78. The Morgan fingerprint density at radius 2 is 1.79 bits per heavy atom. The number of benzene rings is 2. The molecule has 5 heteroatoms. The molecule has 2 unspecified atom stereocenters. The van der Waals surface area contributed by atoms with E-state index in [1.165, 1.54) is 0 Å². The summed E-state index contributed by atoms with van der Waals surface area (Å²) in [6.07, 6.45) is 1.04. The number of amides is 2. The van der Waals surface area contributed by atoms with Crippen LogP contribution in [0.1, 0.15) is 36.9 Å². The minimum absolute atomic E-state index is 0.0295. The molecule has 148 valence electrons. The number of carbonyl (C=O) groups is 2. The van der Waals surface area contributed by atoms with Gasteiger partial charge in [0.05, 0.1) is 12.0 Å². The standard InChI is InChI=1S/C23H29N3O2/c1-18(20-11-6-3-7-12-20)26-17-21(15-22(26)27)23(28)25(14-8-13-24)16-19-9-4-2-5-10-19/h2-7,9-12,18,21H,8,13-17,24H2,1H3. The van der Waals surface area contributed by atoms with Crippen LogP contribution in [0.3, 0.4) is 0 Å². The molecule has 1 aliphatic heterocycles. The lowest BCUT2D eigenvalue weighted by atomic mass is 10.1. The molecule has 1 aliphatic rings. The molecule has 0 aliphatic carbocycles. The van der Waals surface area contributed by atoms with Crippen molar-refractivity contribution in [1.29, 1.82) is 0 Å². The Kier molecular flexibility index (Phi) is 6.82. The van der Waals surface area contributed by atoms with Crippen LogP contribution in [0.5, 0.6) is 0 Å². The molecule has 0 radical (unpaired) electrons. The summed E-state index contributed by atoms with van der Waals surface area (Å²) >= 11 is 0. The van der Waals surface area contributed by atoms with Gasteiger partial charge >= 0.3 is 0 Å². The lowest BCUT2D eigenvalue weighted by molar-refractivity contribution is -0.136. The number of hydrogen-bond acceptors (Lipinski definition) is 3. The first-order chi connectivity index (χ1) is 13.6. The highest BCUT2D eigenvalue weighted by Gasteiger charge is 2.38. The molecule has 2 amide bonds. The topological polar surface area (TPSA) is 66.6 Å². The second-order valence-electron chi connectivity index (χ2n) is 7.42. The van der Waals surface area contributed by atoms with Crippen LogP contribution in [-0.4, -0.2) is 41.2 Å². The van der Waals surface area contributed by atoms with Crippen molar-refractivity contribution in [3.05, 3.63) is 71.8 Å². The summed E-state index contributed by atoms with van der Waals surface area (Å²) in [6, 6.07) is 19.9. The smallest absolute Gasteiger partial charge is 0.228 e. The van der Waals surface area contributed by atoms with Gasteiger partial charge < -0.3 is 15.5 Å². The van der Waals surface area contributed by atoms with Crippen LogP contribution in [0.4, 0.5) is 0 Å². The van der Waals surface area contributed by atoms with Gasteiger partial charge in [-0.2, -0.15) is 0 Å². The molecule has 1 saturated heterocycles. The Balaban J connectivity index is 1.70. The Morgan fingerprint density at radius 3 is 2.43 bits per heavy atom. The Morgan fingerprint density at radius 1 is 1.14 bits per heavy atom. The summed E-state index contributed by atoms with van der Waals surface area (Å²) in [7, 11) is 0. The summed E-state index contributed by atoms with van der Waals surface area (Å²) in [6.45, 7) is 4.21. The molecule has 1 fully saturated rings. The van der Waals surface area contributed by atoms with Gasteiger partial charge in [0.25, 0.3) is 0 Å². The third-order valence-corrected chi connectivity index (χ3v) is 5.42. The highest BCUT2D eigenvalue weighted by atomic mass is 16.2. The van der Waals surface area contributed by atoms with Crippen LogP contribution in [0.2, 0.25) is 0 Å². The molecule has 0 aromatic heterocycles. The monoisotopic (exact) mass is 379 g/mol. The number of rotatable bonds is 8. The summed E-state index contributed by atoms with van der Waals surface area (Å²) < 4.78 is 0. The first-order valence-electron chi connectivity index (χ1n) is 9.97. The Labute approximate surface area is 167 Å². The molecule has 3 rings (SSSR count). The molecule has 5 nitrogen and oxygen atoms in total. The molecule has 0 spiro atoms. The molecule has 0 bridgehead atoms. The SMILES string of the molecule is CC(c1ccccc1)N1CC(C(=O)N(CCCN)Cc2ccccc2)CC1=O. The van der Waals surface area contributed by atoms with E-state index in [1.54, 1.807) is 0 Å². The minimum Gasteiger partial charge on any atom is -0.338 e. The molecule has 0 saturated carbocycles. The second kappa shape index (κ2) is 9.51. The largest absolute Gasteiger partial charge is 0.338 e. The predicted octanol–water partition coefficient (Wildman–Crippen LogP) is 2.97. The van der Waals surface area contributed by atoms with Gasteiger partial charge in [0, 0.05) is 26.1 Å². The van der Waals surface area contributed by atoms with Gasteiger partial charge in [-0.25, -0.2) is 0 Å². The lowest BCUT2D eigenvalue weighted by Gasteiger charge is -2.27. The Bertz CT molecular complexity index is 779. The van der Waals surface area contributed by atoms with Crippen molar-refractivity contribution in [2.75, 3.05) is 19.6 Å². The first-order valence-corrected chi connectivity index (χ1v) is 9.97. The summed E-state index contributed by atoms with van der Waals surface area (Å²) in [5.74, 6) is -0.193. The van der Waals surface area contributed by atoms with Gasteiger partial charge in [-0.3, -0.25) is 9.59 Å². The third-order valence-electron chi connectivity index (χ3n) is 5.42. The van der Waals surface area contributed by atoms with Crippen molar-refractivity contribution in [2.24, 2.45) is 11.7 Å². The average molecular weight is 380 g/mol. The van der Waals surface area contributed by atoms with Crippen LogP contribution in [0.25, 0.3) is 0 Å². The zero-order valence-corrected chi connectivity index (χ0v) is 16.5. The Hall–Kier alpha value is -2.66. The number of hydrogen-bond donors (Lipinski definition) is 1. The van der Waals surface area contributed by atoms with Gasteiger partial charge in [0.2, 0.25) is 11.8 Å². The van der Waals surface area contributed by atoms with Crippen molar-refractivity contribution in [3.63, 3.8) is 0 Å². The second-order valence-corrected chi connectivity index (χ2v) is 7.42. The maximum atomic E-state index is 13.2. The fraction of sp³-hybridized carbons (Fsp3) is 0.391. The van der Waals surface area contributed by atoms with E-state index in [9.17, 15) is 9.59 Å². The summed E-state index contributed by atoms with van der Waals surface area (Å²) in [4.78, 5) is 29.5. The van der Waals surface area contributed by atoms with Gasteiger partial charge in [0.1, 0.15) is 0 Å². The van der Waals surface area contributed by atoms with E-state index in [0.717, 1.165) is 17.5 Å². The van der Waals surface area contributed by atoms with Gasteiger partial charge in [-0.1, -0.05) is 60.7 Å². The molecule has 28 heavy (non-hydrogen) atoms. The van der Waals surface area contributed by atoms with Crippen molar-refractivity contribution < 1.29 is 9.59 Å². The summed E-state index contributed by atoms with van der Waals surface area (Å²) in [5.41, 5.74) is 7.85. The maximum Gasteiger partial charge on any atom is 0.228 e. The van der Waals surface area contributed by atoms with Crippen molar-refractivity contribution in [2.45, 2.75) is 32.4 Å². The fourth-order valence-corrected chi connectivity index (χ4v) is 3.79. The molecule has 2 atom stereocenters. The fourth-order valence-electron chi connectivity index (χ4n) is 3.79. The van der Waals surface area contributed by atoms with Crippen LogP contribution in [0.15, 0.2) is 60.7 Å². The predicted molar refractivity (Wildman–Crippen MR) is 110 cm³/mol. The zero-order chi connectivity index (χ0) is 19.9. The van der Waals surface area contributed by atoms with E-state index >= 15 is 0 Å². The van der Waals surface area contributed by atoms with Crippen molar-refractivity contribution in [3.8, 4) is 0 Å². The van der Waals surface area contributed by atoms with Gasteiger partial charge in [-0.15, -0.1) is 0 Å². The molecule has 1 heterocycles. The van der Waals surface area contributed by atoms with E-state index in [4.69, 9.17) is 5.73 Å². The quantitative estimate of drug-likeness (QED) is 0.767. The van der Waals surface area contributed by atoms with E-state index in [2.05, 4.69) is 0 Å². The molecular weight excluding hydrogens is 350 g/mol. The van der Waals surface area contributed by atoms with E-state index in [0.29, 0.717) is 26.2 Å². The summed E-state index contributed by atoms with van der Waals surface area (Å²) in [5, 5.41) is 0. The van der Waals surface area contributed by atoms with E-state index in [1.807, 2.05) is 77.4 Å². The van der Waals surface area contributed by atoms with E-state index in [-0.39, 0.29) is 30.2 Å². The first kappa shape index (κ1) is 20.1. The van der Waals surface area contributed by atoms with Crippen molar-refractivity contribution in [1.82, 2.24) is 9.80 Å². The van der Waals surface area contributed by atoms with E-state index < -0.39 is 0 Å². The molecule has 2 N–H and O–H groups in total. The number of nitrogens with zero attached hydrogens (tertiary/aromatic N) is 2. The number of nitrogens with two attached hydrogens (primary N) is 1. The molecule has 2 aromatic rings.